The van der Waals surface area contributed by atoms with Gasteiger partial charge in [0.25, 0.3) is 0 Å². The zero-order chi connectivity index (χ0) is 8.15. The second kappa shape index (κ2) is 4.06. The van der Waals surface area contributed by atoms with Gasteiger partial charge in [-0.25, -0.2) is 4.79 Å². The van der Waals surface area contributed by atoms with Gasteiger partial charge in [0.2, 0.25) is 0 Å². The minimum Gasteiger partial charge on any atom is -0.463 e. The van der Waals surface area contributed by atoms with Crippen LogP contribution >= 0.6 is 0 Å². The summed E-state index contributed by atoms with van der Waals surface area (Å²) < 4.78 is 4.57. The van der Waals surface area contributed by atoms with E-state index in [1.807, 2.05) is 0 Å². The van der Waals surface area contributed by atoms with Crippen LogP contribution in [0.1, 0.15) is 13.8 Å². The van der Waals surface area contributed by atoms with Crippen LogP contribution in [0.2, 0.25) is 0 Å². The molecule has 0 spiro atoms. The molecule has 0 saturated heterocycles. The topological polar surface area (TPSA) is 46.5 Å². The Morgan fingerprint density at radius 2 is 2.30 bits per heavy atom. The van der Waals surface area contributed by atoms with Crippen molar-refractivity contribution in [1.82, 2.24) is 0 Å². The van der Waals surface area contributed by atoms with E-state index in [1.54, 1.807) is 6.92 Å². The number of carbonyl (C=O) groups excluding carboxylic acids is 1. The Kier molecular flexibility index (Phi) is 3.72. The van der Waals surface area contributed by atoms with Crippen LogP contribution in [0.15, 0.2) is 12.2 Å². The van der Waals surface area contributed by atoms with Gasteiger partial charge in [-0.15, -0.1) is 0 Å². The molecule has 3 heteroatoms. The molecule has 0 aliphatic carbocycles. The van der Waals surface area contributed by atoms with E-state index < -0.39 is 12.1 Å². The van der Waals surface area contributed by atoms with Crippen molar-refractivity contribution in [3.63, 3.8) is 0 Å². The lowest BCUT2D eigenvalue weighted by molar-refractivity contribution is -0.139. The number of hydrogen-bond donors (Lipinski definition) is 1. The van der Waals surface area contributed by atoms with Crippen molar-refractivity contribution in [3.05, 3.63) is 12.2 Å². The first-order valence-electron chi connectivity index (χ1n) is 3.13. The third-order valence-electron chi connectivity index (χ3n) is 1.04. The van der Waals surface area contributed by atoms with Crippen LogP contribution in [0.5, 0.6) is 0 Å². The van der Waals surface area contributed by atoms with Crippen LogP contribution in [0.3, 0.4) is 0 Å². The van der Waals surface area contributed by atoms with Crippen molar-refractivity contribution in [1.29, 1.82) is 0 Å². The Morgan fingerprint density at radius 1 is 1.80 bits per heavy atom. The molecule has 1 N–H and O–H groups in total. The number of ether oxygens (including phenoxy) is 1. The molecule has 58 valence electrons. The third kappa shape index (κ3) is 2.64. The average Bonchev–Trinajstić information content (AvgIpc) is 1.87. The monoisotopic (exact) mass is 144 g/mol. The van der Waals surface area contributed by atoms with Gasteiger partial charge < -0.3 is 9.84 Å². The summed E-state index contributed by atoms with van der Waals surface area (Å²) in [6.07, 6.45) is -0.820. The molecular weight excluding hydrogens is 132 g/mol. The highest BCUT2D eigenvalue weighted by molar-refractivity contribution is 5.88. The lowest BCUT2D eigenvalue weighted by Crippen LogP contribution is -2.16. The van der Waals surface area contributed by atoms with Gasteiger partial charge in [0.1, 0.15) is 0 Å². The molecule has 0 unspecified atom stereocenters. The van der Waals surface area contributed by atoms with Gasteiger partial charge in [-0.2, -0.15) is 0 Å². The van der Waals surface area contributed by atoms with Gasteiger partial charge in [0.05, 0.1) is 18.3 Å². The van der Waals surface area contributed by atoms with E-state index in [9.17, 15) is 4.79 Å². The van der Waals surface area contributed by atoms with E-state index >= 15 is 0 Å². The Morgan fingerprint density at radius 3 is 2.60 bits per heavy atom. The minimum atomic E-state index is -0.820. The molecule has 0 aromatic carbocycles. The Bertz CT molecular complexity index is 138. The standard InChI is InChI=1S/C7H12O3/c1-4-10-7(9)5(2)6(3)8/h6,8H,2,4H2,1,3H3/t6-/m1/s1. The van der Waals surface area contributed by atoms with E-state index in [0.717, 1.165) is 0 Å². The summed E-state index contributed by atoms with van der Waals surface area (Å²) in [5.74, 6) is -0.530. The van der Waals surface area contributed by atoms with Crippen molar-refractivity contribution < 1.29 is 14.6 Å². The van der Waals surface area contributed by atoms with Gasteiger partial charge >= 0.3 is 5.97 Å². The van der Waals surface area contributed by atoms with E-state index in [1.165, 1.54) is 6.92 Å². The Balaban J connectivity index is 3.83. The molecule has 0 aromatic rings. The van der Waals surface area contributed by atoms with E-state index in [4.69, 9.17) is 5.11 Å². The van der Waals surface area contributed by atoms with Gasteiger partial charge in [-0.3, -0.25) is 0 Å². The van der Waals surface area contributed by atoms with Crippen LogP contribution in [-0.2, 0) is 9.53 Å². The largest absolute Gasteiger partial charge is 0.463 e. The minimum absolute atomic E-state index is 0.0989. The maximum absolute atomic E-state index is 10.7. The summed E-state index contributed by atoms with van der Waals surface area (Å²) in [6.45, 7) is 6.83. The van der Waals surface area contributed by atoms with Gasteiger partial charge in [-0.1, -0.05) is 6.58 Å². The fourth-order valence-corrected chi connectivity index (χ4v) is 0.394. The second-order valence-electron chi connectivity index (χ2n) is 1.92. The first kappa shape index (κ1) is 9.17. The first-order chi connectivity index (χ1) is 4.59. The molecule has 0 aliphatic heterocycles. The Hall–Kier alpha value is -0.830. The predicted octanol–water partition coefficient (Wildman–Crippen LogP) is 0.486. The smallest absolute Gasteiger partial charge is 0.336 e. The number of rotatable bonds is 3. The van der Waals surface area contributed by atoms with Crippen LogP contribution in [0, 0.1) is 0 Å². The van der Waals surface area contributed by atoms with Crippen LogP contribution in [-0.4, -0.2) is 23.8 Å². The van der Waals surface area contributed by atoms with Crippen molar-refractivity contribution in [2.24, 2.45) is 0 Å². The maximum Gasteiger partial charge on any atom is 0.336 e. The van der Waals surface area contributed by atoms with Crippen LogP contribution < -0.4 is 0 Å². The zero-order valence-corrected chi connectivity index (χ0v) is 6.26. The highest BCUT2D eigenvalue weighted by Gasteiger charge is 2.11. The molecule has 0 heterocycles. The molecule has 0 rings (SSSR count). The Labute approximate surface area is 60.3 Å². The predicted molar refractivity (Wildman–Crippen MR) is 37.5 cm³/mol. The summed E-state index contributed by atoms with van der Waals surface area (Å²) in [5, 5.41) is 8.82. The summed E-state index contributed by atoms with van der Waals surface area (Å²) in [5.41, 5.74) is 0.0989. The molecule has 1 atom stereocenters. The fourth-order valence-electron chi connectivity index (χ4n) is 0.394. The lowest BCUT2D eigenvalue weighted by atomic mass is 10.2. The van der Waals surface area contributed by atoms with E-state index in [-0.39, 0.29) is 5.57 Å². The molecule has 3 nitrogen and oxygen atoms in total. The number of carbonyl (C=O) groups is 1. The molecule has 0 saturated carbocycles. The molecule has 0 bridgehead atoms. The summed E-state index contributed by atoms with van der Waals surface area (Å²) in [7, 11) is 0. The summed E-state index contributed by atoms with van der Waals surface area (Å²) in [4.78, 5) is 10.7. The quantitative estimate of drug-likeness (QED) is 0.463. The van der Waals surface area contributed by atoms with Crippen molar-refractivity contribution in [2.75, 3.05) is 6.61 Å². The van der Waals surface area contributed by atoms with Crippen molar-refractivity contribution in [3.8, 4) is 0 Å². The molecule has 10 heavy (non-hydrogen) atoms. The van der Waals surface area contributed by atoms with E-state index in [0.29, 0.717) is 6.61 Å². The van der Waals surface area contributed by atoms with Gasteiger partial charge in [0, 0.05) is 0 Å². The van der Waals surface area contributed by atoms with Crippen molar-refractivity contribution >= 4 is 5.97 Å². The molecule has 0 aliphatic rings. The summed E-state index contributed by atoms with van der Waals surface area (Å²) in [6, 6.07) is 0. The number of hydrogen-bond acceptors (Lipinski definition) is 3. The SMILES string of the molecule is C=C(C(=O)OCC)[C@@H](C)O. The first-order valence-corrected chi connectivity index (χ1v) is 3.13. The molecule has 0 aromatic heterocycles. The molecule has 0 radical (unpaired) electrons. The highest BCUT2D eigenvalue weighted by atomic mass is 16.5. The van der Waals surface area contributed by atoms with Crippen LogP contribution in [0.25, 0.3) is 0 Å². The number of aliphatic hydroxyl groups excluding tert-OH is 1. The molecular formula is C7H12O3. The zero-order valence-electron chi connectivity index (χ0n) is 6.26. The third-order valence-corrected chi connectivity index (χ3v) is 1.04. The number of aliphatic hydroxyl groups is 1. The van der Waals surface area contributed by atoms with Crippen molar-refractivity contribution in [2.45, 2.75) is 20.0 Å². The second-order valence-corrected chi connectivity index (χ2v) is 1.92. The van der Waals surface area contributed by atoms with Gasteiger partial charge in [0.15, 0.2) is 0 Å². The van der Waals surface area contributed by atoms with Gasteiger partial charge in [-0.05, 0) is 13.8 Å². The maximum atomic E-state index is 10.7. The van der Waals surface area contributed by atoms with Crippen LogP contribution in [0.4, 0.5) is 0 Å². The highest BCUT2D eigenvalue weighted by Crippen LogP contribution is 2.00. The normalized spacial score (nSPS) is 12.3. The van der Waals surface area contributed by atoms with E-state index in [2.05, 4.69) is 11.3 Å². The average molecular weight is 144 g/mol. The molecule has 0 amide bonds. The summed E-state index contributed by atoms with van der Waals surface area (Å²) >= 11 is 0. The lowest BCUT2D eigenvalue weighted by Gasteiger charge is -2.06. The molecule has 0 fully saturated rings. The number of esters is 1. The fraction of sp³-hybridized carbons (Fsp3) is 0.571.